The van der Waals surface area contributed by atoms with Crippen LogP contribution in [-0.4, -0.2) is 5.88 Å². The number of rotatable bonds is 1. The number of hydrogen-bond acceptors (Lipinski definition) is 1. The van der Waals surface area contributed by atoms with E-state index >= 15 is 0 Å². The quantitative estimate of drug-likeness (QED) is 0.557. The number of nitrogens with zero attached hydrogens (tertiary/aromatic N) is 1. The first-order valence-electron chi connectivity index (χ1n) is 4.20. The third-order valence-corrected chi connectivity index (χ3v) is 3.24. The van der Waals surface area contributed by atoms with E-state index in [1.807, 2.05) is 0 Å². The van der Waals surface area contributed by atoms with E-state index in [2.05, 4.69) is 13.0 Å². The fraction of sp³-hybridized carbons (Fsp3) is 0.889. The summed E-state index contributed by atoms with van der Waals surface area (Å²) in [5, 5.41) is 8.89. The van der Waals surface area contributed by atoms with E-state index < -0.39 is 0 Å². The fourth-order valence-electron chi connectivity index (χ4n) is 1.59. The van der Waals surface area contributed by atoms with Crippen molar-refractivity contribution in [1.29, 1.82) is 5.26 Å². The van der Waals surface area contributed by atoms with Crippen LogP contribution in [0.5, 0.6) is 0 Å². The number of halogens is 1. The molecule has 1 fully saturated rings. The van der Waals surface area contributed by atoms with E-state index in [9.17, 15) is 0 Å². The Morgan fingerprint density at radius 2 is 2.09 bits per heavy atom. The molecule has 0 N–H and O–H groups in total. The van der Waals surface area contributed by atoms with Crippen molar-refractivity contribution in [1.82, 2.24) is 0 Å². The van der Waals surface area contributed by atoms with Crippen LogP contribution in [-0.2, 0) is 0 Å². The zero-order valence-electron chi connectivity index (χ0n) is 6.94. The second-order valence-corrected chi connectivity index (χ2v) is 3.98. The van der Waals surface area contributed by atoms with E-state index in [4.69, 9.17) is 16.9 Å². The smallest absolute Gasteiger partial charge is 0.0709 e. The summed E-state index contributed by atoms with van der Waals surface area (Å²) in [6.45, 7) is 2.25. The maximum atomic E-state index is 8.89. The van der Waals surface area contributed by atoms with Gasteiger partial charge in [0.05, 0.1) is 11.5 Å². The Bertz CT molecular complexity index is 163. The highest BCUT2D eigenvalue weighted by molar-refractivity contribution is 6.18. The summed E-state index contributed by atoms with van der Waals surface area (Å²) < 4.78 is 0. The molecule has 1 aliphatic rings. The molecule has 1 rings (SSSR count). The van der Waals surface area contributed by atoms with Gasteiger partial charge in [-0.2, -0.15) is 5.26 Å². The first-order valence-corrected chi connectivity index (χ1v) is 4.73. The average molecular weight is 172 g/mol. The van der Waals surface area contributed by atoms with Crippen molar-refractivity contribution in [2.45, 2.75) is 32.6 Å². The lowest BCUT2D eigenvalue weighted by atomic mass is 9.73. The lowest BCUT2D eigenvalue weighted by molar-refractivity contribution is 0.245. The average Bonchev–Trinajstić information content (AvgIpc) is 2.07. The van der Waals surface area contributed by atoms with Gasteiger partial charge in [-0.15, -0.1) is 11.6 Å². The summed E-state index contributed by atoms with van der Waals surface area (Å²) in [7, 11) is 0. The van der Waals surface area contributed by atoms with Gasteiger partial charge < -0.3 is 0 Å². The summed E-state index contributed by atoms with van der Waals surface area (Å²) in [6, 6.07) is 2.36. The summed E-state index contributed by atoms with van der Waals surface area (Å²) in [5.41, 5.74) is -0.186. The monoisotopic (exact) mass is 171 g/mol. The predicted octanol–water partition coefficient (Wildman–Crippen LogP) is 2.95. The molecular weight excluding hydrogens is 158 g/mol. The zero-order chi connectivity index (χ0) is 8.32. The molecule has 62 valence electrons. The molecule has 1 saturated carbocycles. The summed E-state index contributed by atoms with van der Waals surface area (Å²) >= 11 is 5.76. The van der Waals surface area contributed by atoms with Crippen LogP contribution in [0.15, 0.2) is 0 Å². The highest BCUT2D eigenvalue weighted by atomic mass is 35.5. The second kappa shape index (κ2) is 3.45. The summed E-state index contributed by atoms with van der Waals surface area (Å²) in [5.74, 6) is 1.30. The third kappa shape index (κ3) is 1.87. The zero-order valence-corrected chi connectivity index (χ0v) is 7.69. The lowest BCUT2D eigenvalue weighted by Gasteiger charge is -2.31. The normalized spacial score (nSPS) is 38.1. The van der Waals surface area contributed by atoms with Crippen LogP contribution in [0.1, 0.15) is 32.6 Å². The maximum absolute atomic E-state index is 8.89. The molecule has 0 spiro atoms. The number of nitriles is 1. The van der Waals surface area contributed by atoms with E-state index in [-0.39, 0.29) is 5.41 Å². The molecule has 0 unspecified atom stereocenters. The molecule has 1 aliphatic carbocycles. The van der Waals surface area contributed by atoms with Crippen LogP contribution in [0.25, 0.3) is 0 Å². The van der Waals surface area contributed by atoms with Crippen molar-refractivity contribution in [3.8, 4) is 6.07 Å². The molecule has 0 aromatic rings. The van der Waals surface area contributed by atoms with Gasteiger partial charge in [-0.25, -0.2) is 0 Å². The lowest BCUT2D eigenvalue weighted by Crippen LogP contribution is -2.26. The van der Waals surface area contributed by atoms with Gasteiger partial charge in [0.15, 0.2) is 0 Å². The molecule has 0 aliphatic heterocycles. The van der Waals surface area contributed by atoms with E-state index in [0.717, 1.165) is 18.8 Å². The van der Waals surface area contributed by atoms with Crippen molar-refractivity contribution < 1.29 is 0 Å². The largest absolute Gasteiger partial charge is 0.198 e. The van der Waals surface area contributed by atoms with Gasteiger partial charge in [-0.3, -0.25) is 0 Å². The van der Waals surface area contributed by atoms with E-state index in [1.54, 1.807) is 0 Å². The standard InChI is InChI=1S/C9H14ClN/c1-8-2-4-9(6-10,7-11)5-3-8/h8H,2-6H2,1H3. The SMILES string of the molecule is CC1CCC(C#N)(CCl)CC1. The molecule has 2 heteroatoms. The van der Waals surface area contributed by atoms with Crippen LogP contribution in [0, 0.1) is 22.7 Å². The minimum atomic E-state index is -0.186. The maximum Gasteiger partial charge on any atom is 0.0709 e. The molecule has 0 atom stereocenters. The molecule has 11 heavy (non-hydrogen) atoms. The topological polar surface area (TPSA) is 23.8 Å². The Labute approximate surface area is 73.3 Å². The minimum absolute atomic E-state index is 0.186. The molecule has 0 heterocycles. The van der Waals surface area contributed by atoms with Crippen LogP contribution < -0.4 is 0 Å². The van der Waals surface area contributed by atoms with Crippen molar-refractivity contribution in [2.75, 3.05) is 5.88 Å². The Balaban J connectivity index is 2.54. The second-order valence-electron chi connectivity index (χ2n) is 3.71. The molecule has 0 radical (unpaired) electrons. The molecule has 0 saturated heterocycles. The highest BCUT2D eigenvalue weighted by Crippen LogP contribution is 2.38. The summed E-state index contributed by atoms with van der Waals surface area (Å²) in [4.78, 5) is 0. The van der Waals surface area contributed by atoms with Gasteiger partial charge in [0.2, 0.25) is 0 Å². The Morgan fingerprint density at radius 3 is 2.45 bits per heavy atom. The van der Waals surface area contributed by atoms with Gasteiger partial charge in [0.25, 0.3) is 0 Å². The van der Waals surface area contributed by atoms with Crippen LogP contribution in [0.2, 0.25) is 0 Å². The van der Waals surface area contributed by atoms with Gasteiger partial charge in [-0.1, -0.05) is 6.92 Å². The Morgan fingerprint density at radius 1 is 1.55 bits per heavy atom. The molecule has 0 amide bonds. The van der Waals surface area contributed by atoms with Crippen molar-refractivity contribution in [3.05, 3.63) is 0 Å². The molecular formula is C9H14ClN. The molecule has 0 aromatic heterocycles. The van der Waals surface area contributed by atoms with Crippen LogP contribution in [0.3, 0.4) is 0 Å². The molecule has 0 bridgehead atoms. The van der Waals surface area contributed by atoms with Gasteiger partial charge in [-0.05, 0) is 31.6 Å². The van der Waals surface area contributed by atoms with Crippen molar-refractivity contribution in [3.63, 3.8) is 0 Å². The van der Waals surface area contributed by atoms with Crippen molar-refractivity contribution in [2.24, 2.45) is 11.3 Å². The first kappa shape index (κ1) is 8.87. The van der Waals surface area contributed by atoms with Crippen LogP contribution >= 0.6 is 11.6 Å². The summed E-state index contributed by atoms with van der Waals surface area (Å²) in [6.07, 6.45) is 4.32. The fourth-order valence-corrected chi connectivity index (χ4v) is 1.92. The third-order valence-electron chi connectivity index (χ3n) is 2.72. The van der Waals surface area contributed by atoms with Gasteiger partial charge in [0.1, 0.15) is 0 Å². The predicted molar refractivity (Wildman–Crippen MR) is 46.4 cm³/mol. The number of alkyl halides is 1. The van der Waals surface area contributed by atoms with E-state index in [1.165, 1.54) is 12.8 Å². The minimum Gasteiger partial charge on any atom is -0.198 e. The first-order chi connectivity index (χ1) is 5.22. The molecule has 1 nitrogen and oxygen atoms in total. The van der Waals surface area contributed by atoms with E-state index in [0.29, 0.717) is 5.88 Å². The van der Waals surface area contributed by atoms with Crippen molar-refractivity contribution >= 4 is 11.6 Å². The van der Waals surface area contributed by atoms with Gasteiger partial charge in [0, 0.05) is 5.88 Å². The van der Waals surface area contributed by atoms with Gasteiger partial charge >= 0.3 is 0 Å². The Kier molecular flexibility index (Phi) is 2.78. The van der Waals surface area contributed by atoms with Crippen LogP contribution in [0.4, 0.5) is 0 Å². The highest BCUT2D eigenvalue weighted by Gasteiger charge is 2.33. The molecule has 0 aromatic carbocycles. The number of hydrogen-bond donors (Lipinski definition) is 0. The Hall–Kier alpha value is -0.220.